The fourth-order valence-corrected chi connectivity index (χ4v) is 1.25. The summed E-state index contributed by atoms with van der Waals surface area (Å²) >= 11 is 0. The monoisotopic (exact) mass is 227 g/mol. The first kappa shape index (κ1) is 12.9. The minimum atomic E-state index is -0.271. The summed E-state index contributed by atoms with van der Waals surface area (Å²) in [6.07, 6.45) is 2.73. The summed E-state index contributed by atoms with van der Waals surface area (Å²) < 4.78 is 10.5. The SMILES string of the molecule is CC(C)OCCOCCN1C(=O)C=CC1=O. The van der Waals surface area contributed by atoms with Crippen LogP contribution in [0.1, 0.15) is 13.8 Å². The summed E-state index contributed by atoms with van der Waals surface area (Å²) in [5.41, 5.74) is 0. The Morgan fingerprint density at radius 1 is 1.12 bits per heavy atom. The fraction of sp³-hybridized carbons (Fsp3) is 0.636. The second-order valence-electron chi connectivity index (χ2n) is 3.69. The third-order valence-electron chi connectivity index (χ3n) is 2.04. The van der Waals surface area contributed by atoms with E-state index < -0.39 is 0 Å². The quantitative estimate of drug-likeness (QED) is 0.465. The van der Waals surface area contributed by atoms with E-state index in [1.54, 1.807) is 0 Å². The highest BCUT2D eigenvalue weighted by atomic mass is 16.5. The van der Waals surface area contributed by atoms with Gasteiger partial charge in [0.15, 0.2) is 0 Å². The third-order valence-corrected chi connectivity index (χ3v) is 2.04. The molecule has 1 heterocycles. The third kappa shape index (κ3) is 4.12. The molecule has 0 N–H and O–H groups in total. The van der Waals surface area contributed by atoms with Crippen molar-refractivity contribution in [2.24, 2.45) is 0 Å². The predicted molar refractivity (Wildman–Crippen MR) is 57.8 cm³/mol. The molecule has 0 bridgehead atoms. The van der Waals surface area contributed by atoms with Gasteiger partial charge in [0.2, 0.25) is 0 Å². The van der Waals surface area contributed by atoms with Gasteiger partial charge in [-0.3, -0.25) is 14.5 Å². The maximum absolute atomic E-state index is 11.1. The molecule has 0 spiro atoms. The average Bonchev–Trinajstić information content (AvgIpc) is 2.53. The number of imide groups is 1. The van der Waals surface area contributed by atoms with Crippen molar-refractivity contribution in [3.8, 4) is 0 Å². The van der Waals surface area contributed by atoms with Crippen LogP contribution < -0.4 is 0 Å². The van der Waals surface area contributed by atoms with E-state index in [0.29, 0.717) is 26.4 Å². The minimum Gasteiger partial charge on any atom is -0.377 e. The van der Waals surface area contributed by atoms with E-state index in [1.165, 1.54) is 12.2 Å². The molecule has 0 fully saturated rings. The van der Waals surface area contributed by atoms with E-state index in [9.17, 15) is 9.59 Å². The van der Waals surface area contributed by atoms with E-state index in [0.717, 1.165) is 4.90 Å². The minimum absolute atomic E-state index is 0.189. The van der Waals surface area contributed by atoms with Gasteiger partial charge < -0.3 is 9.47 Å². The van der Waals surface area contributed by atoms with Gasteiger partial charge in [0, 0.05) is 12.2 Å². The first-order valence-electron chi connectivity index (χ1n) is 5.34. The Balaban J connectivity index is 2.03. The maximum Gasteiger partial charge on any atom is 0.253 e. The first-order chi connectivity index (χ1) is 7.61. The van der Waals surface area contributed by atoms with Gasteiger partial charge in [0.25, 0.3) is 11.8 Å². The van der Waals surface area contributed by atoms with Crippen LogP contribution >= 0.6 is 0 Å². The molecule has 0 radical (unpaired) electrons. The van der Waals surface area contributed by atoms with E-state index in [4.69, 9.17) is 9.47 Å². The van der Waals surface area contributed by atoms with Crippen molar-refractivity contribution >= 4 is 11.8 Å². The number of nitrogens with zero attached hydrogens (tertiary/aromatic N) is 1. The van der Waals surface area contributed by atoms with Crippen molar-refractivity contribution in [2.45, 2.75) is 20.0 Å². The van der Waals surface area contributed by atoms with Crippen molar-refractivity contribution in [2.75, 3.05) is 26.4 Å². The molecule has 0 aromatic heterocycles. The van der Waals surface area contributed by atoms with Crippen molar-refractivity contribution < 1.29 is 19.1 Å². The molecule has 0 aromatic rings. The van der Waals surface area contributed by atoms with Crippen LogP contribution in [0.25, 0.3) is 0 Å². The van der Waals surface area contributed by atoms with Gasteiger partial charge in [-0.1, -0.05) is 0 Å². The molecule has 0 aromatic carbocycles. The molecule has 1 rings (SSSR count). The zero-order chi connectivity index (χ0) is 12.0. The lowest BCUT2D eigenvalue weighted by molar-refractivity contribution is -0.137. The molecule has 0 atom stereocenters. The molecule has 0 aliphatic carbocycles. The van der Waals surface area contributed by atoms with Crippen molar-refractivity contribution in [1.82, 2.24) is 4.90 Å². The molecule has 0 saturated heterocycles. The number of rotatable bonds is 7. The number of hydrogen-bond donors (Lipinski definition) is 0. The van der Waals surface area contributed by atoms with Gasteiger partial charge >= 0.3 is 0 Å². The maximum atomic E-state index is 11.1. The highest BCUT2D eigenvalue weighted by Gasteiger charge is 2.22. The second-order valence-corrected chi connectivity index (χ2v) is 3.69. The van der Waals surface area contributed by atoms with Crippen LogP contribution in [0.3, 0.4) is 0 Å². The number of carbonyl (C=O) groups excluding carboxylic acids is 2. The van der Waals surface area contributed by atoms with Gasteiger partial charge in [0.1, 0.15) is 0 Å². The zero-order valence-electron chi connectivity index (χ0n) is 9.64. The molecular weight excluding hydrogens is 210 g/mol. The zero-order valence-corrected chi connectivity index (χ0v) is 9.64. The summed E-state index contributed by atoms with van der Waals surface area (Å²) in [5.74, 6) is -0.543. The molecule has 0 saturated carbocycles. The summed E-state index contributed by atoms with van der Waals surface area (Å²) in [5, 5.41) is 0. The topological polar surface area (TPSA) is 55.8 Å². The van der Waals surface area contributed by atoms with Gasteiger partial charge in [-0.05, 0) is 13.8 Å². The van der Waals surface area contributed by atoms with Crippen LogP contribution in [0, 0.1) is 0 Å². The average molecular weight is 227 g/mol. The van der Waals surface area contributed by atoms with Crippen molar-refractivity contribution in [1.29, 1.82) is 0 Å². The highest BCUT2D eigenvalue weighted by molar-refractivity contribution is 6.12. The molecule has 1 aliphatic heterocycles. The predicted octanol–water partition coefficient (Wildman–Crippen LogP) is 0.353. The van der Waals surface area contributed by atoms with Gasteiger partial charge in [-0.15, -0.1) is 0 Å². The van der Waals surface area contributed by atoms with Crippen LogP contribution in [0.5, 0.6) is 0 Å². The van der Waals surface area contributed by atoms with Crippen LogP contribution in [-0.4, -0.2) is 49.2 Å². The second kappa shape index (κ2) is 6.40. The number of carbonyl (C=O) groups is 2. The Labute approximate surface area is 95.0 Å². The first-order valence-corrected chi connectivity index (χ1v) is 5.34. The molecule has 16 heavy (non-hydrogen) atoms. The number of amides is 2. The normalized spacial score (nSPS) is 15.6. The molecule has 0 unspecified atom stereocenters. The van der Waals surface area contributed by atoms with Gasteiger partial charge in [-0.2, -0.15) is 0 Å². The van der Waals surface area contributed by atoms with E-state index >= 15 is 0 Å². The van der Waals surface area contributed by atoms with E-state index in [-0.39, 0.29) is 17.9 Å². The molecule has 90 valence electrons. The molecule has 5 nitrogen and oxygen atoms in total. The summed E-state index contributed by atoms with van der Waals surface area (Å²) in [6, 6.07) is 0. The highest BCUT2D eigenvalue weighted by Crippen LogP contribution is 2.02. The summed E-state index contributed by atoms with van der Waals surface area (Å²) in [7, 11) is 0. The lowest BCUT2D eigenvalue weighted by Crippen LogP contribution is -2.33. The Kier molecular flexibility index (Phi) is 5.14. The number of ether oxygens (including phenoxy) is 2. The van der Waals surface area contributed by atoms with Crippen LogP contribution in [0.2, 0.25) is 0 Å². The van der Waals surface area contributed by atoms with Crippen molar-refractivity contribution in [3.05, 3.63) is 12.2 Å². The summed E-state index contributed by atoms with van der Waals surface area (Å²) in [4.78, 5) is 23.4. The molecule has 1 aliphatic rings. The molecular formula is C11H17NO4. The van der Waals surface area contributed by atoms with E-state index in [2.05, 4.69) is 0 Å². The van der Waals surface area contributed by atoms with E-state index in [1.807, 2.05) is 13.8 Å². The van der Waals surface area contributed by atoms with Crippen LogP contribution in [-0.2, 0) is 19.1 Å². The van der Waals surface area contributed by atoms with Crippen LogP contribution in [0.15, 0.2) is 12.2 Å². The fourth-order valence-electron chi connectivity index (χ4n) is 1.25. The van der Waals surface area contributed by atoms with Gasteiger partial charge in [0.05, 0.1) is 32.5 Å². The Morgan fingerprint density at radius 3 is 2.31 bits per heavy atom. The largest absolute Gasteiger partial charge is 0.377 e. The standard InChI is InChI=1S/C11H17NO4/c1-9(2)16-8-7-15-6-5-12-10(13)3-4-11(12)14/h3-4,9H,5-8H2,1-2H3. The molecule has 5 heteroatoms. The van der Waals surface area contributed by atoms with Gasteiger partial charge in [-0.25, -0.2) is 0 Å². The Hall–Kier alpha value is -1.20. The molecule has 2 amide bonds. The van der Waals surface area contributed by atoms with Crippen LogP contribution in [0.4, 0.5) is 0 Å². The lowest BCUT2D eigenvalue weighted by Gasteiger charge is -2.13. The van der Waals surface area contributed by atoms with Crippen molar-refractivity contribution in [3.63, 3.8) is 0 Å². The Morgan fingerprint density at radius 2 is 1.75 bits per heavy atom. The lowest BCUT2D eigenvalue weighted by atomic mass is 10.5. The number of hydrogen-bond acceptors (Lipinski definition) is 4. The summed E-state index contributed by atoms with van der Waals surface area (Å²) in [6.45, 7) is 5.55. The smallest absolute Gasteiger partial charge is 0.253 e. The Bertz CT molecular complexity index is 268.